The third-order valence-corrected chi connectivity index (χ3v) is 5.37. The number of fused-ring (bicyclic) bond motifs is 1. The molecule has 0 amide bonds. The lowest BCUT2D eigenvalue weighted by atomic mass is 10.2. The standard InChI is InChI=1S/C14H15BrFN3S/c15-13-10(5-4-6-11(13)16)9-20-14-18-17-12-7-2-1-3-8-19(12)14/h4-6H,1-3,7-9H2. The van der Waals surface area contributed by atoms with Gasteiger partial charge in [0, 0.05) is 18.7 Å². The van der Waals surface area contributed by atoms with Crippen LogP contribution in [-0.4, -0.2) is 14.8 Å². The van der Waals surface area contributed by atoms with Crippen molar-refractivity contribution in [1.29, 1.82) is 0 Å². The molecular weight excluding hydrogens is 341 g/mol. The Bertz CT molecular complexity index is 614. The van der Waals surface area contributed by atoms with Crippen LogP contribution < -0.4 is 0 Å². The van der Waals surface area contributed by atoms with Gasteiger partial charge in [-0.1, -0.05) is 30.3 Å². The summed E-state index contributed by atoms with van der Waals surface area (Å²) < 4.78 is 16.2. The van der Waals surface area contributed by atoms with Gasteiger partial charge in [-0.3, -0.25) is 0 Å². The average molecular weight is 356 g/mol. The molecule has 2 aromatic rings. The molecule has 1 aliphatic rings. The minimum atomic E-state index is -0.219. The van der Waals surface area contributed by atoms with Crippen LogP contribution in [0.1, 0.15) is 30.7 Å². The maximum atomic E-state index is 13.5. The van der Waals surface area contributed by atoms with E-state index in [4.69, 9.17) is 0 Å². The van der Waals surface area contributed by atoms with Gasteiger partial charge in [-0.05, 0) is 40.4 Å². The number of aryl methyl sites for hydroxylation is 1. The van der Waals surface area contributed by atoms with Crippen molar-refractivity contribution in [3.05, 3.63) is 39.9 Å². The summed E-state index contributed by atoms with van der Waals surface area (Å²) in [5, 5.41) is 9.49. The maximum Gasteiger partial charge on any atom is 0.191 e. The number of nitrogens with zero attached hydrogens (tertiary/aromatic N) is 3. The van der Waals surface area contributed by atoms with E-state index in [0.717, 1.165) is 29.5 Å². The summed E-state index contributed by atoms with van der Waals surface area (Å²) in [6.45, 7) is 0.995. The molecule has 1 aliphatic heterocycles. The molecule has 3 nitrogen and oxygen atoms in total. The predicted octanol–water partition coefficient (Wildman–Crippen LogP) is 4.20. The van der Waals surface area contributed by atoms with Gasteiger partial charge in [0.15, 0.2) is 5.16 Å². The molecule has 0 N–H and O–H groups in total. The van der Waals surface area contributed by atoms with Gasteiger partial charge >= 0.3 is 0 Å². The highest BCUT2D eigenvalue weighted by atomic mass is 79.9. The fraction of sp³-hybridized carbons (Fsp3) is 0.429. The van der Waals surface area contributed by atoms with Gasteiger partial charge in [-0.15, -0.1) is 10.2 Å². The lowest BCUT2D eigenvalue weighted by molar-refractivity contribution is 0.591. The summed E-state index contributed by atoms with van der Waals surface area (Å²) in [5.41, 5.74) is 0.945. The SMILES string of the molecule is Fc1cccc(CSc2nnc3n2CCCCC3)c1Br. The highest BCUT2D eigenvalue weighted by Gasteiger charge is 2.15. The molecular formula is C14H15BrFN3S. The summed E-state index contributed by atoms with van der Waals surface area (Å²) in [4.78, 5) is 0. The topological polar surface area (TPSA) is 30.7 Å². The highest BCUT2D eigenvalue weighted by molar-refractivity contribution is 9.10. The molecule has 106 valence electrons. The van der Waals surface area contributed by atoms with Crippen molar-refractivity contribution in [3.8, 4) is 0 Å². The summed E-state index contributed by atoms with van der Waals surface area (Å²) in [7, 11) is 0. The van der Waals surface area contributed by atoms with Gasteiger partial charge in [0.1, 0.15) is 11.6 Å². The predicted molar refractivity (Wildman–Crippen MR) is 81.2 cm³/mol. The molecule has 0 radical (unpaired) electrons. The number of aromatic nitrogens is 3. The first-order chi connectivity index (χ1) is 9.75. The summed E-state index contributed by atoms with van der Waals surface area (Å²) >= 11 is 4.92. The normalized spacial score (nSPS) is 14.9. The van der Waals surface area contributed by atoms with Crippen molar-refractivity contribution in [3.63, 3.8) is 0 Å². The average Bonchev–Trinajstić information content (AvgIpc) is 2.68. The molecule has 1 aromatic carbocycles. The number of rotatable bonds is 3. The molecule has 0 unspecified atom stereocenters. The fourth-order valence-corrected chi connectivity index (χ4v) is 3.93. The monoisotopic (exact) mass is 355 g/mol. The zero-order chi connectivity index (χ0) is 13.9. The Balaban J connectivity index is 1.76. The second-order valence-electron chi connectivity index (χ2n) is 4.86. The van der Waals surface area contributed by atoms with Crippen LogP contribution in [0.4, 0.5) is 4.39 Å². The van der Waals surface area contributed by atoms with E-state index in [9.17, 15) is 4.39 Å². The van der Waals surface area contributed by atoms with Crippen LogP contribution >= 0.6 is 27.7 Å². The zero-order valence-corrected chi connectivity index (χ0v) is 13.4. The smallest absolute Gasteiger partial charge is 0.191 e. The molecule has 0 spiro atoms. The summed E-state index contributed by atoms with van der Waals surface area (Å²) in [5.74, 6) is 1.56. The fourth-order valence-electron chi connectivity index (χ4n) is 2.37. The van der Waals surface area contributed by atoms with Crippen molar-refractivity contribution in [2.24, 2.45) is 0 Å². The van der Waals surface area contributed by atoms with E-state index >= 15 is 0 Å². The van der Waals surface area contributed by atoms with E-state index < -0.39 is 0 Å². The lowest BCUT2D eigenvalue weighted by Gasteiger charge is -2.07. The summed E-state index contributed by atoms with van der Waals surface area (Å²) in [6.07, 6.45) is 4.64. The quantitative estimate of drug-likeness (QED) is 0.773. The first kappa shape index (κ1) is 14.1. The first-order valence-corrected chi connectivity index (χ1v) is 8.51. The molecule has 6 heteroatoms. The number of hydrogen-bond acceptors (Lipinski definition) is 3. The van der Waals surface area contributed by atoms with Gasteiger partial charge in [0.25, 0.3) is 0 Å². The van der Waals surface area contributed by atoms with Crippen molar-refractivity contribution in [2.75, 3.05) is 0 Å². The van der Waals surface area contributed by atoms with Crippen molar-refractivity contribution in [1.82, 2.24) is 14.8 Å². The molecule has 0 saturated heterocycles. The second kappa shape index (κ2) is 6.26. The van der Waals surface area contributed by atoms with Crippen LogP contribution in [0.25, 0.3) is 0 Å². The van der Waals surface area contributed by atoms with E-state index in [-0.39, 0.29) is 5.82 Å². The number of thioether (sulfide) groups is 1. The molecule has 1 aromatic heterocycles. The van der Waals surface area contributed by atoms with Crippen molar-refractivity contribution < 1.29 is 4.39 Å². The van der Waals surface area contributed by atoms with E-state index in [0.29, 0.717) is 10.2 Å². The van der Waals surface area contributed by atoms with Gasteiger partial charge < -0.3 is 4.57 Å². The first-order valence-electron chi connectivity index (χ1n) is 6.73. The largest absolute Gasteiger partial charge is 0.306 e. The number of benzene rings is 1. The van der Waals surface area contributed by atoms with Crippen molar-refractivity contribution >= 4 is 27.7 Å². The minimum absolute atomic E-state index is 0.219. The Hall–Kier alpha value is -0.880. The molecule has 0 bridgehead atoms. The molecule has 3 rings (SSSR count). The summed E-state index contributed by atoms with van der Waals surface area (Å²) in [6, 6.07) is 5.13. The van der Waals surface area contributed by atoms with Crippen LogP contribution in [0, 0.1) is 5.82 Å². The molecule has 0 atom stereocenters. The Kier molecular flexibility index (Phi) is 4.41. The van der Waals surface area contributed by atoms with Crippen LogP contribution in [0.15, 0.2) is 27.8 Å². The zero-order valence-electron chi connectivity index (χ0n) is 11.0. The third kappa shape index (κ3) is 2.91. The minimum Gasteiger partial charge on any atom is -0.306 e. The van der Waals surface area contributed by atoms with Crippen LogP contribution in [-0.2, 0) is 18.7 Å². The molecule has 2 heterocycles. The Labute approximate surface area is 130 Å². The van der Waals surface area contributed by atoms with Gasteiger partial charge in [-0.2, -0.15) is 0 Å². The molecule has 0 saturated carbocycles. The van der Waals surface area contributed by atoms with Gasteiger partial charge in [0.05, 0.1) is 4.47 Å². The van der Waals surface area contributed by atoms with Crippen LogP contribution in [0.2, 0.25) is 0 Å². The third-order valence-electron chi connectivity index (χ3n) is 3.46. The molecule has 20 heavy (non-hydrogen) atoms. The van der Waals surface area contributed by atoms with E-state index in [1.807, 2.05) is 6.07 Å². The van der Waals surface area contributed by atoms with Crippen LogP contribution in [0.3, 0.4) is 0 Å². The Morgan fingerprint density at radius 3 is 3.05 bits per heavy atom. The second-order valence-corrected chi connectivity index (χ2v) is 6.60. The Morgan fingerprint density at radius 2 is 2.15 bits per heavy atom. The number of halogens is 2. The van der Waals surface area contributed by atoms with Crippen molar-refractivity contribution in [2.45, 2.75) is 43.1 Å². The van der Waals surface area contributed by atoms with Gasteiger partial charge in [-0.25, -0.2) is 4.39 Å². The molecule has 0 fully saturated rings. The maximum absolute atomic E-state index is 13.5. The molecule has 0 aliphatic carbocycles. The van der Waals surface area contributed by atoms with E-state index in [1.54, 1.807) is 17.8 Å². The Morgan fingerprint density at radius 1 is 1.25 bits per heavy atom. The van der Waals surface area contributed by atoms with Gasteiger partial charge in [0.2, 0.25) is 0 Å². The van der Waals surface area contributed by atoms with E-state index in [1.165, 1.54) is 25.3 Å². The van der Waals surface area contributed by atoms with Crippen LogP contribution in [0.5, 0.6) is 0 Å². The highest BCUT2D eigenvalue weighted by Crippen LogP contribution is 2.29. The number of hydrogen-bond donors (Lipinski definition) is 0. The lowest BCUT2D eigenvalue weighted by Crippen LogP contribution is -2.02. The van der Waals surface area contributed by atoms with E-state index in [2.05, 4.69) is 30.7 Å².